The van der Waals surface area contributed by atoms with E-state index >= 15 is 0 Å². The Hall–Kier alpha value is -1.81. The number of carbonyl (C=O) groups is 1. The fourth-order valence-corrected chi connectivity index (χ4v) is 1.20. The number of alkyl halides is 7. The smallest absolute Gasteiger partial charge is 0.359 e. The lowest BCUT2D eigenvalue weighted by molar-refractivity contribution is -0.343. The van der Waals surface area contributed by atoms with Gasteiger partial charge in [-0.2, -0.15) is 30.7 Å². The number of aromatic nitrogens is 1. The average molecular weight is 336 g/mol. The number of carbonyl (C=O) groups excluding carboxylic acids is 1. The first-order valence-electron chi connectivity index (χ1n) is 5.71. The Bertz CT molecular complexity index is 558. The van der Waals surface area contributed by atoms with Gasteiger partial charge in [0.25, 0.3) is 0 Å². The second-order valence-corrected chi connectivity index (χ2v) is 5.43. The maximum Gasteiger partial charge on any atom is 0.460 e. The minimum Gasteiger partial charge on any atom is -0.359 e. The predicted octanol–water partition coefficient (Wildman–Crippen LogP) is 3.74. The van der Waals surface area contributed by atoms with Gasteiger partial charge in [0.1, 0.15) is 5.76 Å². The topological polar surface area (TPSA) is 55.1 Å². The Labute approximate surface area is 119 Å². The van der Waals surface area contributed by atoms with E-state index in [1.54, 1.807) is 20.8 Å². The standard InChI is InChI=1S/C11H11F7N2O2/c1-8(2,3)5-4-6(20-22-5)19-7(21)9(12,13)10(14,15)11(16,17)18/h4H,1-3H3,(H,19,20,21). The van der Waals surface area contributed by atoms with Crippen molar-refractivity contribution in [2.24, 2.45) is 0 Å². The first-order chi connectivity index (χ1) is 9.60. The summed E-state index contributed by atoms with van der Waals surface area (Å²) in [6, 6.07) is 0.944. The van der Waals surface area contributed by atoms with E-state index in [0.29, 0.717) is 0 Å². The number of rotatable bonds is 3. The molecule has 0 saturated carbocycles. The van der Waals surface area contributed by atoms with Gasteiger partial charge in [-0.3, -0.25) is 4.79 Å². The highest BCUT2D eigenvalue weighted by Gasteiger charge is 2.76. The molecular formula is C11H11F7N2O2. The molecule has 1 aromatic rings. The highest BCUT2D eigenvalue weighted by Crippen LogP contribution is 2.46. The highest BCUT2D eigenvalue weighted by molar-refractivity contribution is 5.96. The van der Waals surface area contributed by atoms with Crippen LogP contribution in [0, 0.1) is 0 Å². The van der Waals surface area contributed by atoms with E-state index in [-0.39, 0.29) is 5.76 Å². The monoisotopic (exact) mass is 336 g/mol. The van der Waals surface area contributed by atoms with Gasteiger partial charge in [0.05, 0.1) is 0 Å². The van der Waals surface area contributed by atoms with Crippen LogP contribution in [0.15, 0.2) is 10.6 Å². The van der Waals surface area contributed by atoms with Crippen LogP contribution in [0.3, 0.4) is 0 Å². The third-order valence-electron chi connectivity index (χ3n) is 2.53. The Kier molecular flexibility index (Phi) is 4.25. The maximum atomic E-state index is 13.1. The zero-order valence-electron chi connectivity index (χ0n) is 11.5. The number of nitrogens with zero attached hydrogens (tertiary/aromatic N) is 1. The second-order valence-electron chi connectivity index (χ2n) is 5.43. The Morgan fingerprint density at radius 2 is 1.59 bits per heavy atom. The third-order valence-corrected chi connectivity index (χ3v) is 2.53. The van der Waals surface area contributed by atoms with E-state index in [1.165, 1.54) is 5.32 Å². The minimum atomic E-state index is -6.59. The fraction of sp³-hybridized carbons (Fsp3) is 0.636. The van der Waals surface area contributed by atoms with Gasteiger partial charge >= 0.3 is 23.9 Å². The number of amides is 1. The van der Waals surface area contributed by atoms with Gasteiger partial charge in [0.15, 0.2) is 5.82 Å². The molecule has 1 aromatic heterocycles. The van der Waals surface area contributed by atoms with Crippen LogP contribution in [0.25, 0.3) is 0 Å². The lowest BCUT2D eigenvalue weighted by Crippen LogP contribution is -2.57. The van der Waals surface area contributed by atoms with Crippen molar-refractivity contribution in [2.45, 2.75) is 44.2 Å². The summed E-state index contributed by atoms with van der Waals surface area (Å²) in [5.74, 6) is -16.0. The summed E-state index contributed by atoms with van der Waals surface area (Å²) in [4.78, 5) is 11.1. The van der Waals surface area contributed by atoms with Crippen LogP contribution in [0.1, 0.15) is 26.5 Å². The molecule has 0 aliphatic rings. The van der Waals surface area contributed by atoms with E-state index < -0.39 is 35.2 Å². The molecule has 0 aromatic carbocycles. The minimum absolute atomic E-state index is 0.105. The van der Waals surface area contributed by atoms with Crippen molar-refractivity contribution in [3.05, 3.63) is 11.8 Å². The van der Waals surface area contributed by atoms with Crippen LogP contribution in [0.4, 0.5) is 36.6 Å². The first-order valence-corrected chi connectivity index (χ1v) is 5.71. The highest BCUT2D eigenvalue weighted by atomic mass is 19.4. The number of anilines is 1. The molecular weight excluding hydrogens is 325 g/mol. The molecule has 126 valence electrons. The number of hydrogen-bond donors (Lipinski definition) is 1. The molecule has 0 unspecified atom stereocenters. The molecule has 0 spiro atoms. The number of nitrogens with one attached hydrogen (secondary N) is 1. The van der Waals surface area contributed by atoms with Gasteiger partial charge in [-0.05, 0) is 0 Å². The Morgan fingerprint density at radius 1 is 1.09 bits per heavy atom. The first kappa shape index (κ1) is 18.2. The Morgan fingerprint density at radius 3 is 1.95 bits per heavy atom. The van der Waals surface area contributed by atoms with Crippen molar-refractivity contribution in [3.63, 3.8) is 0 Å². The average Bonchev–Trinajstić information content (AvgIpc) is 2.75. The molecule has 0 radical (unpaired) electrons. The van der Waals surface area contributed by atoms with E-state index in [4.69, 9.17) is 0 Å². The van der Waals surface area contributed by atoms with Crippen LogP contribution in [0.2, 0.25) is 0 Å². The van der Waals surface area contributed by atoms with Crippen LogP contribution >= 0.6 is 0 Å². The lowest BCUT2D eigenvalue weighted by atomic mass is 9.93. The summed E-state index contributed by atoms with van der Waals surface area (Å²) in [5.41, 5.74) is -0.644. The molecule has 22 heavy (non-hydrogen) atoms. The third kappa shape index (κ3) is 3.17. The van der Waals surface area contributed by atoms with E-state index in [2.05, 4.69) is 9.68 Å². The normalized spacial score (nSPS) is 14.1. The van der Waals surface area contributed by atoms with E-state index in [1.807, 2.05) is 0 Å². The summed E-state index contributed by atoms with van der Waals surface area (Å²) in [6.45, 7) is 4.89. The zero-order valence-corrected chi connectivity index (χ0v) is 11.5. The quantitative estimate of drug-likeness (QED) is 0.856. The van der Waals surface area contributed by atoms with Gasteiger partial charge in [0.2, 0.25) is 0 Å². The molecule has 0 saturated heterocycles. The molecule has 0 bridgehead atoms. The molecule has 1 N–H and O–H groups in total. The van der Waals surface area contributed by atoms with Gasteiger partial charge in [-0.25, -0.2) is 0 Å². The Balaban J connectivity index is 3.00. The largest absolute Gasteiger partial charge is 0.460 e. The predicted molar refractivity (Wildman–Crippen MR) is 59.8 cm³/mol. The molecule has 4 nitrogen and oxygen atoms in total. The van der Waals surface area contributed by atoms with Gasteiger partial charge in [0, 0.05) is 11.5 Å². The zero-order chi connectivity index (χ0) is 17.6. The van der Waals surface area contributed by atoms with E-state index in [0.717, 1.165) is 6.07 Å². The van der Waals surface area contributed by atoms with Gasteiger partial charge in [-0.1, -0.05) is 25.9 Å². The molecule has 1 amide bonds. The summed E-state index contributed by atoms with van der Waals surface area (Å²) in [6.07, 6.45) is -6.59. The van der Waals surface area contributed by atoms with Crippen LogP contribution in [0.5, 0.6) is 0 Å². The molecule has 0 fully saturated rings. The van der Waals surface area contributed by atoms with Crippen LogP contribution < -0.4 is 5.32 Å². The molecule has 1 rings (SSSR count). The molecule has 0 aliphatic carbocycles. The SMILES string of the molecule is CC(C)(C)c1cc(NC(=O)C(F)(F)C(F)(F)C(F)(F)F)no1. The van der Waals surface area contributed by atoms with Gasteiger partial charge in [-0.15, -0.1) is 0 Å². The summed E-state index contributed by atoms with van der Waals surface area (Å²) in [7, 11) is 0. The van der Waals surface area contributed by atoms with Crippen molar-refractivity contribution in [1.82, 2.24) is 5.16 Å². The number of halogens is 7. The van der Waals surface area contributed by atoms with Crippen molar-refractivity contribution >= 4 is 11.7 Å². The summed E-state index contributed by atoms with van der Waals surface area (Å²) >= 11 is 0. The molecule has 0 atom stereocenters. The molecule has 11 heteroatoms. The number of hydrogen-bond acceptors (Lipinski definition) is 3. The molecule has 1 heterocycles. The van der Waals surface area contributed by atoms with E-state index in [9.17, 15) is 35.5 Å². The molecule has 0 aliphatic heterocycles. The second kappa shape index (κ2) is 5.13. The van der Waals surface area contributed by atoms with Crippen LogP contribution in [-0.4, -0.2) is 29.1 Å². The lowest BCUT2D eigenvalue weighted by Gasteiger charge is -2.26. The van der Waals surface area contributed by atoms with Gasteiger partial charge < -0.3 is 9.84 Å². The van der Waals surface area contributed by atoms with Crippen molar-refractivity contribution in [2.75, 3.05) is 5.32 Å². The maximum absolute atomic E-state index is 13.1. The summed E-state index contributed by atoms with van der Waals surface area (Å²) < 4.78 is 92.0. The summed E-state index contributed by atoms with van der Waals surface area (Å²) in [5, 5.41) is 4.29. The van der Waals surface area contributed by atoms with Crippen molar-refractivity contribution in [1.29, 1.82) is 0 Å². The fourth-order valence-electron chi connectivity index (χ4n) is 1.20. The van der Waals surface area contributed by atoms with Crippen LogP contribution in [-0.2, 0) is 10.2 Å². The van der Waals surface area contributed by atoms with Crippen molar-refractivity contribution < 1.29 is 40.1 Å². The van der Waals surface area contributed by atoms with Crippen molar-refractivity contribution in [3.8, 4) is 0 Å².